The highest BCUT2D eigenvalue weighted by molar-refractivity contribution is 5.83. The van der Waals surface area contributed by atoms with Crippen molar-refractivity contribution >= 4 is 0 Å². The van der Waals surface area contributed by atoms with Crippen LogP contribution in [0.3, 0.4) is 0 Å². The second-order valence-electron chi connectivity index (χ2n) is 8.73. The van der Waals surface area contributed by atoms with Gasteiger partial charge in [-0.3, -0.25) is 4.98 Å². The zero-order valence-corrected chi connectivity index (χ0v) is 16.9. The van der Waals surface area contributed by atoms with Gasteiger partial charge in [0.1, 0.15) is 0 Å². The Hall–Kier alpha value is -3.19. The Morgan fingerprint density at radius 3 is 2.03 bits per heavy atom. The van der Waals surface area contributed by atoms with Gasteiger partial charge < -0.3 is 0 Å². The molecule has 1 spiro atoms. The van der Waals surface area contributed by atoms with E-state index in [0.29, 0.717) is 0 Å². The molecule has 0 N–H and O–H groups in total. The fraction of sp³-hybridized carbons (Fsp3) is 0.179. The smallest absolute Gasteiger partial charge is 0.0702 e. The molecule has 0 fully saturated rings. The molecule has 0 unspecified atom stereocenters. The van der Waals surface area contributed by atoms with Crippen LogP contribution in [0.25, 0.3) is 22.4 Å². The van der Waals surface area contributed by atoms with E-state index in [9.17, 15) is 0 Å². The van der Waals surface area contributed by atoms with Crippen LogP contribution in [0.4, 0.5) is 0 Å². The predicted octanol–water partition coefficient (Wildman–Crippen LogP) is 6.43. The van der Waals surface area contributed by atoms with Crippen LogP contribution in [0.1, 0.15) is 33.4 Å². The molecule has 0 aliphatic heterocycles. The Labute approximate surface area is 172 Å². The molecule has 6 rings (SSSR count). The van der Waals surface area contributed by atoms with E-state index in [1.54, 1.807) is 0 Å². The summed E-state index contributed by atoms with van der Waals surface area (Å²) in [5, 5.41) is 0. The highest BCUT2D eigenvalue weighted by Gasteiger charge is 2.47. The number of benzene rings is 3. The number of fused-ring (bicyclic) bond motifs is 6. The first-order valence-corrected chi connectivity index (χ1v) is 10.4. The molecular weight excluding hydrogens is 350 g/mol. The van der Waals surface area contributed by atoms with Crippen molar-refractivity contribution < 1.29 is 0 Å². The zero-order chi connectivity index (χ0) is 19.6. The maximum absolute atomic E-state index is 4.56. The van der Waals surface area contributed by atoms with Crippen LogP contribution in [-0.4, -0.2) is 4.98 Å². The van der Waals surface area contributed by atoms with E-state index in [1.807, 2.05) is 12.3 Å². The quantitative estimate of drug-likeness (QED) is 0.375. The van der Waals surface area contributed by atoms with Gasteiger partial charge in [0, 0.05) is 17.2 Å². The summed E-state index contributed by atoms with van der Waals surface area (Å²) in [4.78, 5) is 4.56. The third-order valence-electron chi connectivity index (χ3n) is 6.82. The summed E-state index contributed by atoms with van der Waals surface area (Å²) >= 11 is 0. The number of nitrogens with zero attached hydrogens (tertiary/aromatic N) is 1. The van der Waals surface area contributed by atoms with Crippen LogP contribution in [0.15, 0.2) is 79.0 Å². The Balaban J connectivity index is 1.54. The third kappa shape index (κ3) is 2.37. The highest BCUT2D eigenvalue weighted by atomic mass is 14.7. The van der Waals surface area contributed by atoms with Gasteiger partial charge in [-0.1, -0.05) is 65.7 Å². The van der Waals surface area contributed by atoms with E-state index >= 15 is 0 Å². The summed E-state index contributed by atoms with van der Waals surface area (Å²) in [6.45, 7) is 4.42. The first kappa shape index (κ1) is 16.7. The monoisotopic (exact) mass is 373 g/mol. The van der Waals surface area contributed by atoms with Crippen molar-refractivity contribution in [2.75, 3.05) is 0 Å². The first-order chi connectivity index (χ1) is 14.1. The minimum absolute atomic E-state index is 0.0633. The molecular formula is C28H23N. The number of hydrogen-bond donors (Lipinski definition) is 0. The van der Waals surface area contributed by atoms with E-state index < -0.39 is 0 Å². The summed E-state index contributed by atoms with van der Waals surface area (Å²) in [6.07, 6.45) is 4.02. The van der Waals surface area contributed by atoms with Crippen LogP contribution in [0.5, 0.6) is 0 Å². The number of rotatable bonds is 1. The number of aromatic nitrogens is 1. The molecule has 0 saturated carbocycles. The van der Waals surface area contributed by atoms with Crippen molar-refractivity contribution in [2.24, 2.45) is 0 Å². The molecule has 2 aliphatic rings. The standard InChI is InChI=1S/C28H23N/c1-18-6-10-23-24-11-7-19(2)14-26(24)28(25(23)13-18)16-21-9-8-20(15-22(21)17-28)27-5-3-4-12-29-27/h3-15H,16-17H2,1-2H3. The van der Waals surface area contributed by atoms with E-state index in [-0.39, 0.29) is 5.41 Å². The van der Waals surface area contributed by atoms with Gasteiger partial charge in [-0.2, -0.15) is 0 Å². The van der Waals surface area contributed by atoms with Gasteiger partial charge in [0.25, 0.3) is 0 Å². The number of pyridine rings is 1. The van der Waals surface area contributed by atoms with Gasteiger partial charge in [0.15, 0.2) is 0 Å². The van der Waals surface area contributed by atoms with Crippen LogP contribution < -0.4 is 0 Å². The van der Waals surface area contributed by atoms with E-state index in [2.05, 4.69) is 85.6 Å². The van der Waals surface area contributed by atoms with Gasteiger partial charge in [-0.05, 0) is 78.3 Å². The molecule has 0 amide bonds. The van der Waals surface area contributed by atoms with Crippen molar-refractivity contribution in [3.63, 3.8) is 0 Å². The molecule has 29 heavy (non-hydrogen) atoms. The molecule has 2 aliphatic carbocycles. The molecule has 0 saturated heterocycles. The van der Waals surface area contributed by atoms with Crippen LogP contribution in [-0.2, 0) is 18.3 Å². The Kier molecular flexibility index (Phi) is 3.41. The van der Waals surface area contributed by atoms with Crippen molar-refractivity contribution in [3.05, 3.63) is 112 Å². The first-order valence-electron chi connectivity index (χ1n) is 10.4. The molecule has 1 heteroatoms. The second kappa shape index (κ2) is 5.90. The summed E-state index contributed by atoms with van der Waals surface area (Å²) < 4.78 is 0. The summed E-state index contributed by atoms with van der Waals surface area (Å²) in [5.41, 5.74) is 13.8. The minimum atomic E-state index is 0.0633. The molecule has 1 nitrogen and oxygen atoms in total. The lowest BCUT2D eigenvalue weighted by Crippen LogP contribution is -2.26. The lowest BCUT2D eigenvalue weighted by molar-refractivity contribution is 0.563. The Bertz CT molecular complexity index is 1220. The number of hydrogen-bond acceptors (Lipinski definition) is 1. The van der Waals surface area contributed by atoms with Crippen LogP contribution in [0, 0.1) is 13.8 Å². The number of aryl methyl sites for hydroxylation is 2. The normalized spacial score (nSPS) is 15.2. The molecule has 0 atom stereocenters. The fourth-order valence-corrected chi connectivity index (χ4v) is 5.47. The summed E-state index contributed by atoms with van der Waals surface area (Å²) in [7, 11) is 0. The maximum Gasteiger partial charge on any atom is 0.0702 e. The topological polar surface area (TPSA) is 12.9 Å². The molecule has 1 heterocycles. The van der Waals surface area contributed by atoms with Crippen molar-refractivity contribution in [1.29, 1.82) is 0 Å². The minimum Gasteiger partial charge on any atom is -0.256 e. The van der Waals surface area contributed by atoms with E-state index in [4.69, 9.17) is 0 Å². The highest BCUT2D eigenvalue weighted by Crippen LogP contribution is 2.55. The van der Waals surface area contributed by atoms with Gasteiger partial charge >= 0.3 is 0 Å². The second-order valence-corrected chi connectivity index (χ2v) is 8.73. The maximum atomic E-state index is 4.56. The van der Waals surface area contributed by atoms with E-state index in [0.717, 1.165) is 18.5 Å². The SMILES string of the molecule is Cc1ccc2c(c1)C1(Cc3ccc(-c4ccccn4)cc3C1)c1cc(C)ccc1-2. The predicted molar refractivity (Wildman–Crippen MR) is 119 cm³/mol. The van der Waals surface area contributed by atoms with Gasteiger partial charge in [0.05, 0.1) is 5.69 Å². The van der Waals surface area contributed by atoms with Crippen LogP contribution in [0.2, 0.25) is 0 Å². The lowest BCUT2D eigenvalue weighted by atomic mass is 9.75. The van der Waals surface area contributed by atoms with E-state index in [1.165, 1.54) is 50.1 Å². The Morgan fingerprint density at radius 1 is 0.690 bits per heavy atom. The van der Waals surface area contributed by atoms with Crippen molar-refractivity contribution in [3.8, 4) is 22.4 Å². The van der Waals surface area contributed by atoms with Gasteiger partial charge in [-0.25, -0.2) is 0 Å². The molecule has 0 radical (unpaired) electrons. The lowest BCUT2D eigenvalue weighted by Gasteiger charge is -2.27. The van der Waals surface area contributed by atoms with Crippen LogP contribution >= 0.6 is 0 Å². The summed E-state index contributed by atoms with van der Waals surface area (Å²) in [5.74, 6) is 0. The summed E-state index contributed by atoms with van der Waals surface area (Å²) in [6, 6.07) is 27.1. The third-order valence-corrected chi connectivity index (χ3v) is 6.82. The molecule has 0 bridgehead atoms. The van der Waals surface area contributed by atoms with Crippen molar-refractivity contribution in [2.45, 2.75) is 32.1 Å². The molecule has 3 aromatic carbocycles. The molecule has 1 aromatic heterocycles. The Morgan fingerprint density at radius 2 is 1.38 bits per heavy atom. The molecule has 140 valence electrons. The van der Waals surface area contributed by atoms with Crippen molar-refractivity contribution in [1.82, 2.24) is 4.98 Å². The molecule has 4 aromatic rings. The van der Waals surface area contributed by atoms with Gasteiger partial charge in [-0.15, -0.1) is 0 Å². The fourth-order valence-electron chi connectivity index (χ4n) is 5.47. The zero-order valence-electron chi connectivity index (χ0n) is 16.9. The average Bonchev–Trinajstić information content (AvgIpc) is 3.24. The average molecular weight is 373 g/mol. The largest absolute Gasteiger partial charge is 0.256 e. The van der Waals surface area contributed by atoms with Gasteiger partial charge in [0.2, 0.25) is 0 Å².